The molecule has 122 valence electrons. The molecule has 0 amide bonds. The normalized spacial score (nSPS) is 22.4. The van der Waals surface area contributed by atoms with Gasteiger partial charge in [-0.3, -0.25) is 0 Å². The maximum atomic E-state index is 12.4. The maximum absolute atomic E-state index is 12.4. The first-order valence-electron chi connectivity index (χ1n) is 8.68. The van der Waals surface area contributed by atoms with E-state index in [9.17, 15) is 4.79 Å². The number of carbonyl (C=O) groups is 1. The molecule has 1 nitrogen and oxygen atoms in total. The molecule has 1 saturated carbocycles. The van der Waals surface area contributed by atoms with Gasteiger partial charge in [0, 0.05) is 0 Å². The molecular formula is C19H30OSeSi. The predicted molar refractivity (Wildman–Crippen MR) is 99.7 cm³/mol. The van der Waals surface area contributed by atoms with Gasteiger partial charge in [0.05, 0.1) is 0 Å². The van der Waals surface area contributed by atoms with Crippen molar-refractivity contribution in [1.82, 2.24) is 0 Å². The molecule has 1 aromatic carbocycles. The summed E-state index contributed by atoms with van der Waals surface area (Å²) in [7, 11) is -1.22. The third kappa shape index (κ3) is 5.08. The molecule has 0 radical (unpaired) electrons. The number of ketones is 1. The molecule has 0 bridgehead atoms. The molecule has 1 aliphatic carbocycles. The van der Waals surface area contributed by atoms with E-state index in [2.05, 4.69) is 56.9 Å². The van der Waals surface area contributed by atoms with Gasteiger partial charge in [0.15, 0.2) is 0 Å². The Labute approximate surface area is 143 Å². The Balaban J connectivity index is 1.96. The summed E-state index contributed by atoms with van der Waals surface area (Å²) >= 11 is 0.523. The second kappa shape index (κ2) is 7.94. The molecule has 1 aromatic rings. The molecule has 0 saturated heterocycles. The molecule has 1 unspecified atom stereocenters. The Bertz CT molecular complexity index is 480. The van der Waals surface area contributed by atoms with Crippen LogP contribution >= 0.6 is 0 Å². The average Bonchev–Trinajstić information content (AvgIpc) is 3.25. The fourth-order valence-electron chi connectivity index (χ4n) is 3.21. The van der Waals surface area contributed by atoms with Crippen LogP contribution in [0.1, 0.15) is 39.0 Å². The molecule has 0 N–H and O–H groups in total. The van der Waals surface area contributed by atoms with Crippen molar-refractivity contribution in [2.45, 2.75) is 63.1 Å². The zero-order chi connectivity index (χ0) is 16.2. The number of benzene rings is 1. The second-order valence-electron chi connectivity index (χ2n) is 7.65. The molecule has 22 heavy (non-hydrogen) atoms. The molecular weight excluding hydrogens is 351 g/mol. The van der Waals surface area contributed by atoms with Gasteiger partial charge in [0.25, 0.3) is 0 Å². The van der Waals surface area contributed by atoms with E-state index in [1.54, 1.807) is 0 Å². The fraction of sp³-hybridized carbons (Fsp3) is 0.632. The summed E-state index contributed by atoms with van der Waals surface area (Å²) in [5.74, 6) is 1.66. The third-order valence-corrected chi connectivity index (χ3v) is 14.1. The summed E-state index contributed by atoms with van der Waals surface area (Å²) in [5, 5.41) is 0. The van der Waals surface area contributed by atoms with Crippen molar-refractivity contribution in [2.24, 2.45) is 11.8 Å². The van der Waals surface area contributed by atoms with E-state index in [1.807, 2.05) is 0 Å². The molecule has 1 fully saturated rings. The van der Waals surface area contributed by atoms with Gasteiger partial charge >= 0.3 is 143 Å². The first kappa shape index (κ1) is 18.0. The van der Waals surface area contributed by atoms with Crippen LogP contribution in [0.3, 0.4) is 0 Å². The zero-order valence-electron chi connectivity index (χ0n) is 14.5. The summed E-state index contributed by atoms with van der Waals surface area (Å²) < 4.78 is 2.31. The van der Waals surface area contributed by atoms with Gasteiger partial charge in [0.2, 0.25) is 0 Å². The van der Waals surface area contributed by atoms with Crippen LogP contribution in [0.4, 0.5) is 0 Å². The van der Waals surface area contributed by atoms with Gasteiger partial charge in [-0.2, -0.15) is 0 Å². The van der Waals surface area contributed by atoms with Gasteiger partial charge in [-0.05, 0) is 0 Å². The number of hydrogen-bond donors (Lipinski definition) is 0. The SMILES string of the molecule is CCCCCC(=O)[C@H]1C[C@@H]1C([Se]c1ccccc1)[Si](C)(C)C. The van der Waals surface area contributed by atoms with Crippen LogP contribution in [0.15, 0.2) is 30.3 Å². The van der Waals surface area contributed by atoms with Gasteiger partial charge in [-0.25, -0.2) is 0 Å². The average molecular weight is 381 g/mol. The van der Waals surface area contributed by atoms with E-state index >= 15 is 0 Å². The van der Waals surface area contributed by atoms with E-state index in [-0.39, 0.29) is 0 Å². The van der Waals surface area contributed by atoms with Gasteiger partial charge in [-0.1, -0.05) is 0 Å². The van der Waals surface area contributed by atoms with Crippen LogP contribution in [0.5, 0.6) is 0 Å². The van der Waals surface area contributed by atoms with Crippen molar-refractivity contribution in [2.75, 3.05) is 0 Å². The molecule has 2 rings (SSSR count). The predicted octanol–water partition coefficient (Wildman–Crippen LogP) is 4.47. The Kier molecular flexibility index (Phi) is 6.49. The number of carbonyl (C=O) groups excluding carboxylic acids is 1. The number of Topliss-reactive ketones (excluding diaryl/α,β-unsaturated/α-hetero) is 1. The Hall–Kier alpha value is -0.374. The summed E-state index contributed by atoms with van der Waals surface area (Å²) in [5.41, 5.74) is 0. The summed E-state index contributed by atoms with van der Waals surface area (Å²) in [4.78, 5) is 12.4. The number of unbranched alkanes of at least 4 members (excludes halogenated alkanes) is 2. The summed E-state index contributed by atoms with van der Waals surface area (Å²) in [6.07, 6.45) is 5.50. The van der Waals surface area contributed by atoms with Crippen LogP contribution in [-0.4, -0.2) is 28.8 Å². The molecule has 0 aliphatic heterocycles. The van der Waals surface area contributed by atoms with Crippen LogP contribution in [0.2, 0.25) is 24.1 Å². The Morgan fingerprint density at radius 2 is 1.91 bits per heavy atom. The van der Waals surface area contributed by atoms with Gasteiger partial charge in [0.1, 0.15) is 0 Å². The van der Waals surface area contributed by atoms with Gasteiger partial charge in [-0.15, -0.1) is 0 Å². The molecule has 3 atom stereocenters. The quantitative estimate of drug-likeness (QED) is 0.456. The van der Waals surface area contributed by atoms with E-state index in [0.29, 0.717) is 32.6 Å². The standard InChI is InChI=1S/C19H30OSeSi/c1-5-6-8-13-18(20)16-14-17(16)19(22(2,3)4)21-15-11-9-7-10-12-15/h7,9-12,16-17,19H,5-6,8,13-14H2,1-4H3/t16-,17-,19?/m0/s1. The Morgan fingerprint density at radius 1 is 1.23 bits per heavy atom. The van der Waals surface area contributed by atoms with Crippen molar-refractivity contribution >= 4 is 33.3 Å². The van der Waals surface area contributed by atoms with Crippen molar-refractivity contribution in [1.29, 1.82) is 0 Å². The van der Waals surface area contributed by atoms with E-state index in [0.717, 1.165) is 17.3 Å². The van der Waals surface area contributed by atoms with Crippen LogP contribution < -0.4 is 4.46 Å². The van der Waals surface area contributed by atoms with E-state index < -0.39 is 8.07 Å². The molecule has 0 heterocycles. The molecule has 0 aromatic heterocycles. The summed E-state index contributed by atoms with van der Waals surface area (Å²) in [6.45, 7) is 9.66. The van der Waals surface area contributed by atoms with Crippen LogP contribution in [0.25, 0.3) is 0 Å². The topological polar surface area (TPSA) is 17.1 Å². The van der Waals surface area contributed by atoms with Crippen molar-refractivity contribution in [3.05, 3.63) is 30.3 Å². The van der Waals surface area contributed by atoms with Crippen molar-refractivity contribution < 1.29 is 4.79 Å². The first-order chi connectivity index (χ1) is 10.4. The van der Waals surface area contributed by atoms with Gasteiger partial charge < -0.3 is 0 Å². The Morgan fingerprint density at radius 3 is 2.50 bits per heavy atom. The van der Waals surface area contributed by atoms with E-state index in [4.69, 9.17) is 0 Å². The second-order valence-corrected chi connectivity index (χ2v) is 16.5. The minimum absolute atomic E-state index is 0.402. The fourth-order valence-corrected chi connectivity index (χ4v) is 10.4. The number of hydrogen-bond acceptors (Lipinski definition) is 1. The van der Waals surface area contributed by atoms with E-state index in [1.165, 1.54) is 23.7 Å². The van der Waals surface area contributed by atoms with Crippen LogP contribution in [-0.2, 0) is 4.79 Å². The van der Waals surface area contributed by atoms with Crippen molar-refractivity contribution in [3.8, 4) is 0 Å². The zero-order valence-corrected chi connectivity index (χ0v) is 17.2. The van der Waals surface area contributed by atoms with Crippen LogP contribution in [0, 0.1) is 11.8 Å². The minimum atomic E-state index is -1.22. The molecule has 3 heteroatoms. The molecule has 1 aliphatic rings. The monoisotopic (exact) mass is 382 g/mol. The molecule has 0 spiro atoms. The number of rotatable bonds is 9. The third-order valence-electron chi connectivity index (χ3n) is 4.53. The summed E-state index contributed by atoms with van der Waals surface area (Å²) in [6, 6.07) is 10.9. The van der Waals surface area contributed by atoms with Crippen molar-refractivity contribution in [3.63, 3.8) is 0 Å². The first-order valence-corrected chi connectivity index (χ1v) is 14.1.